The molecule has 3 fully saturated rings. The molecule has 21 heavy (non-hydrogen) atoms. The summed E-state index contributed by atoms with van der Waals surface area (Å²) >= 11 is 0. The minimum absolute atomic E-state index is 0.337. The molecule has 1 aromatic rings. The van der Waals surface area contributed by atoms with Crippen LogP contribution >= 0.6 is 0 Å². The van der Waals surface area contributed by atoms with E-state index in [0.717, 1.165) is 69.8 Å². The summed E-state index contributed by atoms with van der Waals surface area (Å²) in [5, 5.41) is 7.62. The van der Waals surface area contributed by atoms with Crippen LogP contribution in [0.4, 0.5) is 0 Å². The Balaban J connectivity index is 1.39. The van der Waals surface area contributed by atoms with Gasteiger partial charge in [0.1, 0.15) is 5.78 Å². The molecule has 1 aliphatic heterocycles. The standard InChI is InChI=1S/C16H23N3O2/c20-13-8-16(9-13)5-3-11(4-6-16)15-18-14(19-21-15)12-2-1-7-17-10-12/h11-12,17H,1-10H2. The number of ketones is 1. The van der Waals surface area contributed by atoms with E-state index in [2.05, 4.69) is 15.5 Å². The maximum absolute atomic E-state index is 11.3. The van der Waals surface area contributed by atoms with E-state index in [9.17, 15) is 4.79 Å². The monoisotopic (exact) mass is 289 g/mol. The fourth-order valence-corrected chi connectivity index (χ4v) is 4.27. The third kappa shape index (κ3) is 2.52. The van der Waals surface area contributed by atoms with E-state index in [-0.39, 0.29) is 0 Å². The van der Waals surface area contributed by atoms with Crippen molar-refractivity contribution in [3.05, 3.63) is 11.7 Å². The van der Waals surface area contributed by atoms with Crippen molar-refractivity contribution in [2.45, 2.75) is 63.2 Å². The molecule has 0 radical (unpaired) electrons. The second-order valence-electron chi connectivity index (χ2n) is 7.20. The molecule has 2 aliphatic carbocycles. The molecule has 1 spiro atoms. The van der Waals surface area contributed by atoms with Gasteiger partial charge in [0, 0.05) is 31.2 Å². The van der Waals surface area contributed by atoms with Gasteiger partial charge in [-0.1, -0.05) is 5.16 Å². The minimum atomic E-state index is 0.337. The Morgan fingerprint density at radius 2 is 1.95 bits per heavy atom. The van der Waals surface area contributed by atoms with Gasteiger partial charge in [-0.25, -0.2) is 0 Å². The number of hydrogen-bond donors (Lipinski definition) is 1. The Bertz CT molecular complexity index is 515. The third-order valence-corrected chi connectivity index (χ3v) is 5.66. The molecule has 3 aliphatic rings. The molecular formula is C16H23N3O2. The molecule has 0 amide bonds. The summed E-state index contributed by atoms with van der Waals surface area (Å²) in [6.07, 6.45) is 8.44. The van der Waals surface area contributed by atoms with Gasteiger partial charge in [-0.05, 0) is 50.5 Å². The van der Waals surface area contributed by atoms with Crippen LogP contribution in [0.1, 0.15) is 74.9 Å². The molecule has 4 rings (SSSR count). The quantitative estimate of drug-likeness (QED) is 0.906. The average Bonchev–Trinajstić information content (AvgIpc) is 2.97. The molecule has 1 N–H and O–H groups in total. The first-order chi connectivity index (χ1) is 10.2. The van der Waals surface area contributed by atoms with Crippen LogP contribution in [-0.4, -0.2) is 29.0 Å². The number of carbonyl (C=O) groups is 1. The second kappa shape index (κ2) is 5.20. The lowest BCUT2D eigenvalue weighted by Crippen LogP contribution is -2.40. The summed E-state index contributed by atoms with van der Waals surface area (Å²) < 4.78 is 5.54. The van der Waals surface area contributed by atoms with Gasteiger partial charge in [-0.3, -0.25) is 4.79 Å². The maximum atomic E-state index is 11.3. The van der Waals surface area contributed by atoms with Crippen molar-refractivity contribution in [2.24, 2.45) is 5.41 Å². The van der Waals surface area contributed by atoms with Gasteiger partial charge in [0.2, 0.25) is 5.89 Å². The van der Waals surface area contributed by atoms with E-state index in [1.807, 2.05) is 0 Å². The van der Waals surface area contributed by atoms with Crippen LogP contribution in [0, 0.1) is 5.41 Å². The smallest absolute Gasteiger partial charge is 0.229 e. The predicted octanol–water partition coefficient (Wildman–Crippen LogP) is 2.54. The number of Topliss-reactive ketones (excluding diaryl/α,β-unsaturated/α-hetero) is 1. The van der Waals surface area contributed by atoms with Gasteiger partial charge in [-0.15, -0.1) is 0 Å². The molecule has 2 saturated carbocycles. The van der Waals surface area contributed by atoms with Crippen molar-refractivity contribution in [3.8, 4) is 0 Å². The van der Waals surface area contributed by atoms with Crippen molar-refractivity contribution in [3.63, 3.8) is 0 Å². The van der Waals surface area contributed by atoms with Crippen LogP contribution in [-0.2, 0) is 4.79 Å². The number of carbonyl (C=O) groups excluding carboxylic acids is 1. The highest BCUT2D eigenvalue weighted by Crippen LogP contribution is 2.52. The Hall–Kier alpha value is -1.23. The lowest BCUT2D eigenvalue weighted by atomic mass is 9.58. The van der Waals surface area contributed by atoms with Crippen LogP contribution in [0.25, 0.3) is 0 Å². The van der Waals surface area contributed by atoms with Gasteiger partial charge >= 0.3 is 0 Å². The largest absolute Gasteiger partial charge is 0.339 e. The molecule has 0 aromatic carbocycles. The van der Waals surface area contributed by atoms with E-state index in [4.69, 9.17) is 4.52 Å². The summed E-state index contributed by atoms with van der Waals surface area (Å²) in [5.74, 6) is 2.98. The topological polar surface area (TPSA) is 68.0 Å². The molecule has 2 heterocycles. The summed E-state index contributed by atoms with van der Waals surface area (Å²) in [4.78, 5) is 15.9. The molecule has 0 bridgehead atoms. The number of rotatable bonds is 2. The Labute approximate surface area is 124 Å². The molecule has 5 heteroatoms. The molecule has 1 saturated heterocycles. The fourth-order valence-electron chi connectivity index (χ4n) is 4.27. The van der Waals surface area contributed by atoms with Gasteiger partial charge in [0.25, 0.3) is 0 Å². The van der Waals surface area contributed by atoms with Crippen LogP contribution in [0.5, 0.6) is 0 Å². The number of nitrogens with zero attached hydrogens (tertiary/aromatic N) is 2. The van der Waals surface area contributed by atoms with Crippen molar-refractivity contribution in [1.29, 1.82) is 0 Å². The SMILES string of the molecule is O=C1CC2(CCC(c3nc(C4CCCNC4)no3)CC2)C1. The first-order valence-corrected chi connectivity index (χ1v) is 8.30. The summed E-state index contributed by atoms with van der Waals surface area (Å²) in [5.41, 5.74) is 0.337. The van der Waals surface area contributed by atoms with Crippen molar-refractivity contribution in [2.75, 3.05) is 13.1 Å². The van der Waals surface area contributed by atoms with Crippen LogP contribution < -0.4 is 5.32 Å². The average molecular weight is 289 g/mol. The lowest BCUT2D eigenvalue weighted by molar-refractivity contribution is -0.134. The maximum Gasteiger partial charge on any atom is 0.229 e. The van der Waals surface area contributed by atoms with Crippen LogP contribution in [0.2, 0.25) is 0 Å². The van der Waals surface area contributed by atoms with Crippen LogP contribution in [0.15, 0.2) is 4.52 Å². The van der Waals surface area contributed by atoms with E-state index >= 15 is 0 Å². The number of nitrogens with one attached hydrogen (secondary N) is 1. The molecule has 114 valence electrons. The van der Waals surface area contributed by atoms with E-state index < -0.39 is 0 Å². The Kier molecular flexibility index (Phi) is 3.32. The number of aromatic nitrogens is 2. The van der Waals surface area contributed by atoms with Crippen LogP contribution in [0.3, 0.4) is 0 Å². The Morgan fingerprint density at radius 3 is 2.62 bits per heavy atom. The molecular weight excluding hydrogens is 266 g/mol. The highest BCUT2D eigenvalue weighted by atomic mass is 16.5. The van der Waals surface area contributed by atoms with Gasteiger partial charge in [-0.2, -0.15) is 4.98 Å². The number of hydrogen-bond acceptors (Lipinski definition) is 5. The first-order valence-electron chi connectivity index (χ1n) is 8.30. The Morgan fingerprint density at radius 1 is 1.14 bits per heavy atom. The van der Waals surface area contributed by atoms with Gasteiger partial charge in [0.05, 0.1) is 0 Å². The molecule has 1 unspecified atom stereocenters. The van der Waals surface area contributed by atoms with E-state index in [1.54, 1.807) is 0 Å². The summed E-state index contributed by atoms with van der Waals surface area (Å²) in [6.45, 7) is 2.07. The third-order valence-electron chi connectivity index (χ3n) is 5.66. The second-order valence-corrected chi connectivity index (χ2v) is 7.20. The zero-order valence-corrected chi connectivity index (χ0v) is 12.4. The first kappa shape index (κ1) is 13.4. The normalized spacial score (nSPS) is 29.5. The van der Waals surface area contributed by atoms with Gasteiger partial charge in [0.15, 0.2) is 5.82 Å². The van der Waals surface area contributed by atoms with Crippen molar-refractivity contribution < 1.29 is 9.32 Å². The highest BCUT2D eigenvalue weighted by Gasteiger charge is 2.46. The summed E-state index contributed by atoms with van der Waals surface area (Å²) in [6, 6.07) is 0. The zero-order chi connectivity index (χ0) is 14.3. The van der Waals surface area contributed by atoms with Crippen molar-refractivity contribution >= 4 is 5.78 Å². The van der Waals surface area contributed by atoms with Gasteiger partial charge < -0.3 is 9.84 Å². The highest BCUT2D eigenvalue weighted by molar-refractivity contribution is 5.86. The van der Waals surface area contributed by atoms with E-state index in [1.165, 1.54) is 6.42 Å². The molecule has 1 atom stereocenters. The minimum Gasteiger partial charge on any atom is -0.339 e. The summed E-state index contributed by atoms with van der Waals surface area (Å²) in [7, 11) is 0. The molecule has 1 aromatic heterocycles. The van der Waals surface area contributed by atoms with Crippen molar-refractivity contribution in [1.82, 2.24) is 15.5 Å². The molecule has 5 nitrogen and oxygen atoms in total. The fraction of sp³-hybridized carbons (Fsp3) is 0.812. The van der Waals surface area contributed by atoms with E-state index in [0.29, 0.717) is 23.0 Å². The zero-order valence-electron chi connectivity index (χ0n) is 12.4. The number of piperidine rings is 1. The predicted molar refractivity (Wildman–Crippen MR) is 77.0 cm³/mol. The lowest BCUT2D eigenvalue weighted by Gasteiger charge is -2.45.